The number of aryl methyl sites for hydroxylation is 1. The highest BCUT2D eigenvalue weighted by Crippen LogP contribution is 2.20. The van der Waals surface area contributed by atoms with Crippen LogP contribution in [-0.2, 0) is 12.8 Å². The molecule has 3 N–H and O–H groups in total. The number of nitrogens with one attached hydrogen (secondary N) is 1. The van der Waals surface area contributed by atoms with Gasteiger partial charge in [-0.2, -0.15) is 0 Å². The second kappa shape index (κ2) is 3.03. The maximum Gasteiger partial charge on any atom is 0.202 e. The van der Waals surface area contributed by atoms with Gasteiger partial charge in [-0.3, -0.25) is 0 Å². The zero-order chi connectivity index (χ0) is 9.42. The third kappa shape index (κ3) is 1.54. The van der Waals surface area contributed by atoms with E-state index in [0.717, 1.165) is 25.2 Å². The summed E-state index contributed by atoms with van der Waals surface area (Å²) in [5, 5.41) is 0. The second-order valence-electron chi connectivity index (χ2n) is 3.88. The van der Waals surface area contributed by atoms with E-state index in [9.17, 15) is 0 Å². The minimum atomic E-state index is 0.308. The van der Waals surface area contributed by atoms with Gasteiger partial charge >= 0.3 is 0 Å². The SMILES string of the molecule is CN(C)c1nc2c([nH]1)CC(N)CC2. The van der Waals surface area contributed by atoms with Crippen molar-refractivity contribution in [1.29, 1.82) is 0 Å². The van der Waals surface area contributed by atoms with E-state index < -0.39 is 0 Å². The maximum atomic E-state index is 5.87. The first kappa shape index (κ1) is 8.56. The fraction of sp³-hybridized carbons (Fsp3) is 0.667. The minimum Gasteiger partial charge on any atom is -0.349 e. The summed E-state index contributed by atoms with van der Waals surface area (Å²) in [4.78, 5) is 9.79. The lowest BCUT2D eigenvalue weighted by Crippen LogP contribution is -2.27. The predicted molar refractivity (Wildman–Crippen MR) is 52.9 cm³/mol. The Morgan fingerprint density at radius 3 is 3.00 bits per heavy atom. The van der Waals surface area contributed by atoms with Crippen LogP contribution in [0.25, 0.3) is 0 Å². The molecule has 0 bridgehead atoms. The van der Waals surface area contributed by atoms with Gasteiger partial charge in [-0.1, -0.05) is 0 Å². The van der Waals surface area contributed by atoms with Gasteiger partial charge in [0.2, 0.25) is 5.95 Å². The Morgan fingerprint density at radius 2 is 2.31 bits per heavy atom. The molecule has 1 aromatic heterocycles. The average molecular weight is 180 g/mol. The van der Waals surface area contributed by atoms with Crippen molar-refractivity contribution >= 4 is 5.95 Å². The van der Waals surface area contributed by atoms with Crippen LogP contribution < -0.4 is 10.6 Å². The van der Waals surface area contributed by atoms with E-state index in [2.05, 4.69) is 9.97 Å². The monoisotopic (exact) mass is 180 g/mol. The summed E-state index contributed by atoms with van der Waals surface area (Å²) in [6.07, 6.45) is 3.02. The molecule has 72 valence electrons. The molecule has 4 nitrogen and oxygen atoms in total. The molecule has 0 aliphatic heterocycles. The highest BCUT2D eigenvalue weighted by Gasteiger charge is 2.19. The van der Waals surface area contributed by atoms with E-state index in [-0.39, 0.29) is 0 Å². The number of fused-ring (bicyclic) bond motifs is 1. The van der Waals surface area contributed by atoms with Crippen molar-refractivity contribution in [3.8, 4) is 0 Å². The van der Waals surface area contributed by atoms with Crippen LogP contribution in [0.4, 0.5) is 5.95 Å². The van der Waals surface area contributed by atoms with Crippen molar-refractivity contribution in [2.75, 3.05) is 19.0 Å². The summed E-state index contributed by atoms with van der Waals surface area (Å²) < 4.78 is 0. The van der Waals surface area contributed by atoms with Crippen molar-refractivity contribution < 1.29 is 0 Å². The average Bonchev–Trinajstić information content (AvgIpc) is 2.46. The molecule has 13 heavy (non-hydrogen) atoms. The Balaban J connectivity index is 2.28. The number of aromatic nitrogens is 2. The van der Waals surface area contributed by atoms with Crippen LogP contribution in [0.3, 0.4) is 0 Å². The van der Waals surface area contributed by atoms with E-state index in [0.29, 0.717) is 6.04 Å². The summed E-state index contributed by atoms with van der Waals surface area (Å²) in [5.41, 5.74) is 8.30. The number of aromatic amines is 1. The van der Waals surface area contributed by atoms with Crippen LogP contribution in [0.15, 0.2) is 0 Å². The lowest BCUT2D eigenvalue weighted by Gasteiger charge is -2.15. The molecule has 2 rings (SSSR count). The summed E-state index contributed by atoms with van der Waals surface area (Å²) in [6.45, 7) is 0. The largest absolute Gasteiger partial charge is 0.349 e. The minimum absolute atomic E-state index is 0.308. The Kier molecular flexibility index (Phi) is 2.00. The number of anilines is 1. The molecule has 0 spiro atoms. The van der Waals surface area contributed by atoms with Gasteiger partial charge in [0, 0.05) is 32.3 Å². The zero-order valence-electron chi connectivity index (χ0n) is 8.17. The van der Waals surface area contributed by atoms with Crippen molar-refractivity contribution in [2.45, 2.75) is 25.3 Å². The first-order valence-corrected chi connectivity index (χ1v) is 4.67. The lowest BCUT2D eigenvalue weighted by molar-refractivity contribution is 0.565. The molecular weight excluding hydrogens is 164 g/mol. The predicted octanol–water partition coefficient (Wildman–Crippen LogP) is 0.292. The molecule has 1 aliphatic carbocycles. The molecule has 4 heteroatoms. The molecule has 1 aromatic rings. The smallest absolute Gasteiger partial charge is 0.202 e. The van der Waals surface area contributed by atoms with Crippen molar-refractivity contribution in [1.82, 2.24) is 9.97 Å². The number of nitrogens with two attached hydrogens (primary N) is 1. The molecule has 1 aliphatic rings. The van der Waals surface area contributed by atoms with Crippen LogP contribution >= 0.6 is 0 Å². The Labute approximate surface area is 78.1 Å². The van der Waals surface area contributed by atoms with E-state index >= 15 is 0 Å². The molecule has 0 fully saturated rings. The number of nitrogens with zero attached hydrogens (tertiary/aromatic N) is 2. The van der Waals surface area contributed by atoms with Gasteiger partial charge in [0.15, 0.2) is 0 Å². The number of H-pyrrole nitrogens is 1. The quantitative estimate of drug-likeness (QED) is 0.653. The summed E-state index contributed by atoms with van der Waals surface area (Å²) in [7, 11) is 3.98. The summed E-state index contributed by atoms with van der Waals surface area (Å²) in [5.74, 6) is 0.944. The number of hydrogen-bond donors (Lipinski definition) is 2. The molecule has 1 heterocycles. The highest BCUT2D eigenvalue weighted by molar-refractivity contribution is 5.34. The fourth-order valence-electron chi connectivity index (χ4n) is 1.70. The molecule has 1 atom stereocenters. The van der Waals surface area contributed by atoms with Crippen LogP contribution in [0.1, 0.15) is 17.8 Å². The van der Waals surface area contributed by atoms with Crippen LogP contribution in [-0.4, -0.2) is 30.1 Å². The van der Waals surface area contributed by atoms with E-state index in [4.69, 9.17) is 5.73 Å². The molecule has 0 amide bonds. The first-order valence-electron chi connectivity index (χ1n) is 4.67. The number of rotatable bonds is 1. The molecule has 1 unspecified atom stereocenters. The summed E-state index contributed by atoms with van der Waals surface area (Å²) >= 11 is 0. The Hall–Kier alpha value is -1.03. The third-order valence-electron chi connectivity index (χ3n) is 2.49. The summed E-state index contributed by atoms with van der Waals surface area (Å²) in [6, 6.07) is 0.308. The van der Waals surface area contributed by atoms with Gasteiger partial charge in [-0.25, -0.2) is 4.98 Å². The molecule has 0 radical (unpaired) electrons. The number of imidazole rings is 1. The van der Waals surface area contributed by atoms with Crippen LogP contribution in [0, 0.1) is 0 Å². The van der Waals surface area contributed by atoms with Crippen LogP contribution in [0.2, 0.25) is 0 Å². The lowest BCUT2D eigenvalue weighted by atomic mass is 9.97. The fourth-order valence-corrected chi connectivity index (χ4v) is 1.70. The Bertz CT molecular complexity index is 303. The van der Waals surface area contributed by atoms with Gasteiger partial charge in [-0.05, 0) is 12.8 Å². The van der Waals surface area contributed by atoms with E-state index in [1.54, 1.807) is 0 Å². The topological polar surface area (TPSA) is 57.9 Å². The second-order valence-corrected chi connectivity index (χ2v) is 3.88. The van der Waals surface area contributed by atoms with Crippen molar-refractivity contribution in [2.24, 2.45) is 5.73 Å². The third-order valence-corrected chi connectivity index (χ3v) is 2.49. The van der Waals surface area contributed by atoms with Gasteiger partial charge in [0.1, 0.15) is 0 Å². The molecule has 0 aromatic carbocycles. The van der Waals surface area contributed by atoms with Gasteiger partial charge < -0.3 is 15.6 Å². The number of hydrogen-bond acceptors (Lipinski definition) is 3. The Morgan fingerprint density at radius 1 is 1.54 bits per heavy atom. The van der Waals surface area contributed by atoms with Gasteiger partial charge in [-0.15, -0.1) is 0 Å². The first-order chi connectivity index (χ1) is 6.16. The zero-order valence-corrected chi connectivity index (χ0v) is 8.17. The maximum absolute atomic E-state index is 5.87. The van der Waals surface area contributed by atoms with E-state index in [1.165, 1.54) is 11.4 Å². The standard InChI is InChI=1S/C9H16N4/c1-13(2)9-11-7-4-3-6(10)5-8(7)12-9/h6H,3-5,10H2,1-2H3,(H,11,12). The van der Waals surface area contributed by atoms with Crippen LogP contribution in [0.5, 0.6) is 0 Å². The normalized spacial score (nSPS) is 21.3. The van der Waals surface area contributed by atoms with Crippen molar-refractivity contribution in [3.63, 3.8) is 0 Å². The molecule has 0 saturated heterocycles. The molecular formula is C9H16N4. The van der Waals surface area contributed by atoms with Gasteiger partial charge in [0.05, 0.1) is 5.69 Å². The molecule has 0 saturated carbocycles. The van der Waals surface area contributed by atoms with Crippen molar-refractivity contribution in [3.05, 3.63) is 11.4 Å². The highest BCUT2D eigenvalue weighted by atomic mass is 15.2. The van der Waals surface area contributed by atoms with Gasteiger partial charge in [0.25, 0.3) is 0 Å². The van der Waals surface area contributed by atoms with E-state index in [1.807, 2.05) is 19.0 Å².